The van der Waals surface area contributed by atoms with E-state index in [0.29, 0.717) is 6.42 Å². The molecule has 0 rings (SSSR count). The summed E-state index contributed by atoms with van der Waals surface area (Å²) in [5.41, 5.74) is 15.8. The molecule has 13 heteroatoms. The zero-order chi connectivity index (χ0) is 24.1. The molecule has 0 aromatic carbocycles. The van der Waals surface area contributed by atoms with Crippen molar-refractivity contribution in [2.45, 2.75) is 64.2 Å². The molecule has 0 aromatic heterocycles. The van der Waals surface area contributed by atoms with E-state index in [9.17, 15) is 24.3 Å². The first-order chi connectivity index (χ1) is 14.4. The molecule has 13 nitrogen and oxygen atoms in total. The summed E-state index contributed by atoms with van der Waals surface area (Å²) in [6.45, 7) is 4.69. The molecule has 0 bridgehead atoms. The number of carbonyl (C=O) groups excluding carboxylic acids is 3. The van der Waals surface area contributed by atoms with Crippen molar-refractivity contribution in [1.82, 2.24) is 16.0 Å². The Balaban J connectivity index is 5.07. The monoisotopic (exact) mass is 445 g/mol. The van der Waals surface area contributed by atoms with Gasteiger partial charge in [-0.25, -0.2) is 4.79 Å². The van der Waals surface area contributed by atoms with Gasteiger partial charge in [-0.05, 0) is 32.1 Å². The molecule has 31 heavy (non-hydrogen) atoms. The van der Waals surface area contributed by atoms with Crippen LogP contribution < -0.4 is 33.2 Å². The number of hydrogen-bond acceptors (Lipinski definition) is 7. The highest BCUT2D eigenvalue weighted by Gasteiger charge is 2.29. The number of nitrogens with two attached hydrogens (primary N) is 3. The van der Waals surface area contributed by atoms with Gasteiger partial charge in [-0.2, -0.15) is 0 Å². The highest BCUT2D eigenvalue weighted by Crippen LogP contribution is 2.07. The molecular weight excluding hydrogens is 410 g/mol. The fraction of sp³-hybridized carbons (Fsp3) is 0.722. The first kappa shape index (κ1) is 28.1. The molecule has 0 spiro atoms. The molecule has 0 heterocycles. The lowest BCUT2D eigenvalue weighted by Gasteiger charge is -2.24. The van der Waals surface area contributed by atoms with Gasteiger partial charge in [0.15, 0.2) is 5.96 Å². The largest absolute Gasteiger partial charge is 0.480 e. The van der Waals surface area contributed by atoms with E-state index in [2.05, 4.69) is 20.9 Å². The zero-order valence-corrected chi connectivity index (χ0v) is 18.1. The third kappa shape index (κ3) is 11.7. The van der Waals surface area contributed by atoms with Gasteiger partial charge in [0, 0.05) is 6.54 Å². The smallest absolute Gasteiger partial charge is 0.326 e. The van der Waals surface area contributed by atoms with Gasteiger partial charge in [0.2, 0.25) is 17.7 Å². The van der Waals surface area contributed by atoms with Crippen LogP contribution >= 0.6 is 0 Å². The van der Waals surface area contributed by atoms with E-state index in [-0.39, 0.29) is 31.3 Å². The van der Waals surface area contributed by atoms with Gasteiger partial charge in [0.1, 0.15) is 24.2 Å². The van der Waals surface area contributed by atoms with E-state index in [0.717, 1.165) is 0 Å². The fourth-order valence-electron chi connectivity index (χ4n) is 2.50. The summed E-state index contributed by atoms with van der Waals surface area (Å²) in [6, 6.07) is -4.41. The predicted molar refractivity (Wildman–Crippen MR) is 114 cm³/mol. The van der Waals surface area contributed by atoms with Crippen LogP contribution in [0, 0.1) is 5.92 Å². The molecular formula is C18H35N7O6. The summed E-state index contributed by atoms with van der Waals surface area (Å²) in [7, 11) is 0. The second kappa shape index (κ2) is 14.1. The second-order valence-electron chi connectivity index (χ2n) is 7.56. The Morgan fingerprint density at radius 1 is 0.935 bits per heavy atom. The third-order valence-corrected chi connectivity index (χ3v) is 4.19. The van der Waals surface area contributed by atoms with Crippen molar-refractivity contribution in [2.24, 2.45) is 28.1 Å². The summed E-state index contributed by atoms with van der Waals surface area (Å²) in [5.74, 6) is -3.38. The number of guanidine groups is 1. The maximum Gasteiger partial charge on any atom is 0.326 e. The highest BCUT2D eigenvalue weighted by molar-refractivity contribution is 5.93. The highest BCUT2D eigenvalue weighted by atomic mass is 16.4. The van der Waals surface area contributed by atoms with Crippen LogP contribution in [0.25, 0.3) is 0 Å². The van der Waals surface area contributed by atoms with E-state index in [4.69, 9.17) is 22.3 Å². The number of aliphatic carboxylic acids is 1. The molecule has 4 unspecified atom stereocenters. The molecule has 4 atom stereocenters. The number of aliphatic imine (C=N–C) groups is 1. The molecule has 178 valence electrons. The molecule has 11 N–H and O–H groups in total. The average Bonchev–Trinajstić information content (AvgIpc) is 2.67. The van der Waals surface area contributed by atoms with Crippen molar-refractivity contribution in [3.05, 3.63) is 0 Å². The van der Waals surface area contributed by atoms with E-state index < -0.39 is 54.5 Å². The van der Waals surface area contributed by atoms with Crippen LogP contribution in [0.3, 0.4) is 0 Å². The molecule has 0 aromatic rings. The van der Waals surface area contributed by atoms with Gasteiger partial charge in [-0.1, -0.05) is 13.8 Å². The van der Waals surface area contributed by atoms with E-state index in [1.165, 1.54) is 6.92 Å². The number of carboxylic acids is 1. The lowest BCUT2D eigenvalue weighted by atomic mass is 10.0. The molecule has 0 aliphatic rings. The van der Waals surface area contributed by atoms with Crippen LogP contribution in [0.1, 0.15) is 40.0 Å². The van der Waals surface area contributed by atoms with Crippen molar-refractivity contribution >= 4 is 29.7 Å². The molecule has 0 aliphatic heterocycles. The number of nitrogens with zero attached hydrogens (tertiary/aromatic N) is 1. The van der Waals surface area contributed by atoms with Gasteiger partial charge in [0.05, 0.1) is 6.61 Å². The van der Waals surface area contributed by atoms with Crippen LogP contribution in [0.4, 0.5) is 0 Å². The van der Waals surface area contributed by atoms with E-state index in [1.54, 1.807) is 0 Å². The van der Waals surface area contributed by atoms with Gasteiger partial charge in [-0.15, -0.1) is 0 Å². The lowest BCUT2D eigenvalue weighted by molar-refractivity contribution is -0.142. The summed E-state index contributed by atoms with van der Waals surface area (Å²) >= 11 is 0. The van der Waals surface area contributed by atoms with Crippen molar-refractivity contribution in [1.29, 1.82) is 0 Å². The summed E-state index contributed by atoms with van der Waals surface area (Å²) in [4.78, 5) is 52.1. The zero-order valence-electron chi connectivity index (χ0n) is 18.1. The van der Waals surface area contributed by atoms with Gasteiger partial charge < -0.3 is 43.4 Å². The Hall–Kier alpha value is -2.93. The van der Waals surface area contributed by atoms with Crippen LogP contribution in [-0.4, -0.2) is 77.2 Å². The maximum atomic E-state index is 12.7. The second-order valence-corrected chi connectivity index (χ2v) is 7.56. The first-order valence-corrected chi connectivity index (χ1v) is 9.94. The predicted octanol–water partition coefficient (Wildman–Crippen LogP) is -3.04. The summed E-state index contributed by atoms with van der Waals surface area (Å²) in [6.07, 6.45) is 0.658. The number of carboxylic acid groups (broad SMARTS) is 1. The SMILES string of the molecule is CC(C)CC(NC(=O)C(C)NC(=O)C(N)CO)C(=O)NC(CCCN=C(N)N)C(=O)O. The topological polar surface area (TPSA) is 235 Å². The van der Waals surface area contributed by atoms with Gasteiger partial charge in [0.25, 0.3) is 0 Å². The quantitative estimate of drug-likeness (QED) is 0.0769. The van der Waals surface area contributed by atoms with Crippen LogP contribution in [-0.2, 0) is 19.2 Å². The van der Waals surface area contributed by atoms with Crippen molar-refractivity contribution < 1.29 is 29.4 Å². The molecule has 0 saturated carbocycles. The number of rotatable bonds is 14. The maximum absolute atomic E-state index is 12.7. The van der Waals surface area contributed by atoms with Gasteiger partial charge in [-0.3, -0.25) is 19.4 Å². The number of carbonyl (C=O) groups is 4. The number of hydrogen-bond donors (Lipinski definition) is 8. The summed E-state index contributed by atoms with van der Waals surface area (Å²) in [5, 5.41) is 25.5. The number of amides is 3. The molecule has 0 aliphatic carbocycles. The molecule has 0 radical (unpaired) electrons. The third-order valence-electron chi connectivity index (χ3n) is 4.19. The number of aliphatic hydroxyl groups excluding tert-OH is 1. The normalized spacial score (nSPS) is 14.6. The molecule has 3 amide bonds. The summed E-state index contributed by atoms with van der Waals surface area (Å²) < 4.78 is 0. The van der Waals surface area contributed by atoms with Crippen LogP contribution in [0.15, 0.2) is 4.99 Å². The number of aliphatic hydroxyl groups is 1. The Morgan fingerprint density at radius 2 is 1.52 bits per heavy atom. The Morgan fingerprint density at radius 3 is 2.00 bits per heavy atom. The average molecular weight is 446 g/mol. The standard InChI is InChI=1S/C18H35N7O6/c1-9(2)7-13(25-14(27)10(3)23-15(28)11(19)8-26)16(29)24-12(17(30)31)5-4-6-22-18(20)21/h9-13,26H,4-8,19H2,1-3H3,(H,23,28)(H,24,29)(H,25,27)(H,30,31)(H4,20,21,22). The van der Waals surface area contributed by atoms with E-state index >= 15 is 0 Å². The van der Waals surface area contributed by atoms with Crippen molar-refractivity contribution in [3.63, 3.8) is 0 Å². The molecule has 0 fully saturated rings. The Labute approximate surface area is 181 Å². The van der Waals surface area contributed by atoms with Crippen molar-refractivity contribution in [2.75, 3.05) is 13.2 Å². The Kier molecular flexibility index (Phi) is 12.8. The minimum absolute atomic E-state index is 0.00824. The van der Waals surface area contributed by atoms with Crippen LogP contribution in [0.5, 0.6) is 0 Å². The van der Waals surface area contributed by atoms with Crippen LogP contribution in [0.2, 0.25) is 0 Å². The van der Waals surface area contributed by atoms with Crippen molar-refractivity contribution in [3.8, 4) is 0 Å². The Bertz CT molecular complexity index is 651. The lowest BCUT2D eigenvalue weighted by Crippen LogP contribution is -2.56. The number of nitrogens with one attached hydrogen (secondary N) is 3. The van der Waals surface area contributed by atoms with Gasteiger partial charge >= 0.3 is 5.97 Å². The first-order valence-electron chi connectivity index (χ1n) is 9.94. The minimum Gasteiger partial charge on any atom is -0.480 e. The minimum atomic E-state index is -1.23. The molecule has 0 saturated heterocycles. The fourth-order valence-corrected chi connectivity index (χ4v) is 2.50. The van der Waals surface area contributed by atoms with E-state index in [1.807, 2.05) is 13.8 Å².